The number of hydrogen-bond acceptors (Lipinski definition) is 5. The van der Waals surface area contributed by atoms with Crippen molar-refractivity contribution in [2.24, 2.45) is 0 Å². The van der Waals surface area contributed by atoms with Crippen molar-refractivity contribution in [3.05, 3.63) is 40.6 Å². The van der Waals surface area contributed by atoms with Gasteiger partial charge in [0, 0.05) is 27.8 Å². The number of rotatable bonds is 6. The van der Waals surface area contributed by atoms with Gasteiger partial charge < -0.3 is 19.8 Å². The minimum atomic E-state index is -0.721. The smallest absolute Gasteiger partial charge is 0.347 e. The van der Waals surface area contributed by atoms with E-state index in [1.165, 1.54) is 6.20 Å². The molecule has 2 aromatic rings. The van der Waals surface area contributed by atoms with Gasteiger partial charge in [0.2, 0.25) is 0 Å². The summed E-state index contributed by atoms with van der Waals surface area (Å²) in [5.41, 5.74) is 1.47. The second-order valence-electron chi connectivity index (χ2n) is 4.54. The zero-order valence-electron chi connectivity index (χ0n) is 12.8. The first kappa shape index (κ1) is 17.1. The van der Waals surface area contributed by atoms with Gasteiger partial charge in [-0.15, -0.1) is 0 Å². The zero-order chi connectivity index (χ0) is 16.8. The highest BCUT2D eigenvalue weighted by Gasteiger charge is 2.21. The van der Waals surface area contributed by atoms with E-state index >= 15 is 0 Å². The average molecular weight is 381 g/mol. The molecule has 0 bridgehead atoms. The Labute approximate surface area is 142 Å². The van der Waals surface area contributed by atoms with Gasteiger partial charge >= 0.3 is 11.9 Å². The Morgan fingerprint density at radius 3 is 2.48 bits per heavy atom. The van der Waals surface area contributed by atoms with E-state index in [2.05, 4.69) is 26.2 Å². The normalized spacial score (nSPS) is 10.2. The van der Waals surface area contributed by atoms with E-state index in [1.807, 2.05) is 18.2 Å². The van der Waals surface area contributed by atoms with Crippen molar-refractivity contribution >= 4 is 44.5 Å². The Kier molecular flexibility index (Phi) is 5.81. The number of anilines is 1. The molecule has 1 heterocycles. The summed E-state index contributed by atoms with van der Waals surface area (Å²) in [4.78, 5) is 26.9. The molecular weight excluding hydrogens is 364 g/mol. The Morgan fingerprint density at radius 1 is 1.22 bits per heavy atom. The van der Waals surface area contributed by atoms with Crippen LogP contribution in [0.4, 0.5) is 5.69 Å². The molecule has 0 aliphatic heterocycles. The van der Waals surface area contributed by atoms with Crippen molar-refractivity contribution in [3.8, 4) is 0 Å². The molecule has 0 spiro atoms. The number of benzene rings is 1. The number of carbonyl (C=O) groups is 2. The lowest BCUT2D eigenvalue weighted by Gasteiger charge is -2.07. The van der Waals surface area contributed by atoms with Gasteiger partial charge in [-0.05, 0) is 32.0 Å². The molecule has 6 nitrogen and oxygen atoms in total. The first-order valence-electron chi connectivity index (χ1n) is 7.14. The number of nitrogens with one attached hydrogen (secondary N) is 2. The summed E-state index contributed by atoms with van der Waals surface area (Å²) in [5.74, 6) is -1.44. The fourth-order valence-electron chi connectivity index (χ4n) is 1.99. The second kappa shape index (κ2) is 7.82. The molecule has 0 radical (unpaired) electrons. The van der Waals surface area contributed by atoms with Crippen molar-refractivity contribution in [2.45, 2.75) is 13.8 Å². The minimum absolute atomic E-state index is 0.177. The summed E-state index contributed by atoms with van der Waals surface area (Å²) in [5, 5.41) is 3.88. The first-order chi connectivity index (χ1) is 11.1. The van der Waals surface area contributed by atoms with Gasteiger partial charge in [0.1, 0.15) is 0 Å². The van der Waals surface area contributed by atoms with E-state index in [0.717, 1.165) is 21.1 Å². The van der Waals surface area contributed by atoms with E-state index < -0.39 is 11.9 Å². The predicted molar refractivity (Wildman–Crippen MR) is 91.0 cm³/mol. The van der Waals surface area contributed by atoms with Crippen LogP contribution in [0.15, 0.2) is 40.6 Å². The summed E-state index contributed by atoms with van der Waals surface area (Å²) in [6, 6.07) is 5.75. The molecule has 0 aliphatic carbocycles. The molecule has 7 heteroatoms. The summed E-state index contributed by atoms with van der Waals surface area (Å²) < 4.78 is 10.7. The van der Waals surface area contributed by atoms with Gasteiger partial charge in [-0.25, -0.2) is 9.59 Å². The van der Waals surface area contributed by atoms with Crippen LogP contribution in [0.5, 0.6) is 0 Å². The molecule has 1 aromatic carbocycles. The average Bonchev–Trinajstić information content (AvgIpc) is 2.90. The minimum Gasteiger partial charge on any atom is -0.462 e. The van der Waals surface area contributed by atoms with Gasteiger partial charge in [-0.2, -0.15) is 0 Å². The maximum Gasteiger partial charge on any atom is 0.347 e. The SMILES string of the molecule is CCOC(=O)C(=CNc1c[nH]c2cc(Br)ccc12)C(=O)OCC. The number of hydrogen-bond donors (Lipinski definition) is 2. The number of aromatic nitrogens is 1. The van der Waals surface area contributed by atoms with Crippen LogP contribution in [0, 0.1) is 0 Å². The van der Waals surface area contributed by atoms with Crippen molar-refractivity contribution < 1.29 is 19.1 Å². The Bertz CT molecular complexity index is 732. The second-order valence-corrected chi connectivity index (χ2v) is 5.45. The Morgan fingerprint density at radius 2 is 1.87 bits per heavy atom. The highest BCUT2D eigenvalue weighted by molar-refractivity contribution is 9.10. The van der Waals surface area contributed by atoms with E-state index in [-0.39, 0.29) is 18.8 Å². The molecule has 0 saturated heterocycles. The third-order valence-electron chi connectivity index (χ3n) is 3.01. The molecule has 0 amide bonds. The van der Waals surface area contributed by atoms with Crippen molar-refractivity contribution in [2.75, 3.05) is 18.5 Å². The van der Waals surface area contributed by atoms with E-state index in [0.29, 0.717) is 0 Å². The Hall–Kier alpha value is -2.28. The van der Waals surface area contributed by atoms with Gasteiger partial charge in [-0.3, -0.25) is 0 Å². The van der Waals surface area contributed by atoms with Crippen LogP contribution in [-0.4, -0.2) is 30.1 Å². The molecule has 0 aliphatic rings. The van der Waals surface area contributed by atoms with Crippen LogP contribution in [-0.2, 0) is 19.1 Å². The third-order valence-corrected chi connectivity index (χ3v) is 3.50. The summed E-state index contributed by atoms with van der Waals surface area (Å²) in [7, 11) is 0. The van der Waals surface area contributed by atoms with E-state index in [4.69, 9.17) is 9.47 Å². The molecule has 122 valence electrons. The first-order valence-corrected chi connectivity index (χ1v) is 7.93. The van der Waals surface area contributed by atoms with Crippen molar-refractivity contribution in [1.29, 1.82) is 0 Å². The molecule has 2 rings (SSSR count). The predicted octanol–water partition coefficient (Wildman–Crippen LogP) is 3.35. The number of fused-ring (bicyclic) bond motifs is 1. The molecule has 23 heavy (non-hydrogen) atoms. The van der Waals surface area contributed by atoms with Gasteiger partial charge in [0.05, 0.1) is 18.9 Å². The number of aromatic amines is 1. The summed E-state index contributed by atoms with van der Waals surface area (Å²) >= 11 is 3.40. The Balaban J connectivity index is 2.27. The molecular formula is C16H17BrN2O4. The highest BCUT2D eigenvalue weighted by atomic mass is 79.9. The fourth-order valence-corrected chi connectivity index (χ4v) is 2.35. The largest absolute Gasteiger partial charge is 0.462 e. The lowest BCUT2D eigenvalue weighted by molar-refractivity contribution is -0.146. The van der Waals surface area contributed by atoms with Crippen LogP contribution in [0.1, 0.15) is 13.8 Å². The third kappa shape index (κ3) is 4.13. The van der Waals surface area contributed by atoms with E-state index in [9.17, 15) is 9.59 Å². The molecule has 0 saturated carbocycles. The number of ether oxygens (including phenoxy) is 2. The van der Waals surface area contributed by atoms with Crippen LogP contribution < -0.4 is 5.32 Å². The number of esters is 2. The van der Waals surface area contributed by atoms with Gasteiger partial charge in [0.25, 0.3) is 0 Å². The van der Waals surface area contributed by atoms with E-state index in [1.54, 1.807) is 20.0 Å². The molecule has 0 unspecified atom stereocenters. The molecule has 0 fully saturated rings. The summed E-state index contributed by atoms with van der Waals surface area (Å²) in [6.45, 7) is 3.70. The monoisotopic (exact) mass is 380 g/mol. The zero-order valence-corrected chi connectivity index (χ0v) is 14.4. The summed E-state index contributed by atoms with van der Waals surface area (Å²) in [6.07, 6.45) is 3.06. The van der Waals surface area contributed by atoms with Crippen LogP contribution in [0.3, 0.4) is 0 Å². The number of carbonyl (C=O) groups excluding carboxylic acids is 2. The molecule has 0 atom stereocenters. The van der Waals surface area contributed by atoms with Crippen molar-refractivity contribution in [3.63, 3.8) is 0 Å². The van der Waals surface area contributed by atoms with Crippen molar-refractivity contribution in [1.82, 2.24) is 4.98 Å². The topological polar surface area (TPSA) is 80.4 Å². The maximum absolute atomic E-state index is 11.9. The highest BCUT2D eigenvalue weighted by Crippen LogP contribution is 2.26. The lowest BCUT2D eigenvalue weighted by atomic mass is 10.2. The fraction of sp³-hybridized carbons (Fsp3) is 0.250. The number of halogens is 1. The standard InChI is InChI=1S/C16H17BrN2O4/c1-3-22-15(20)12(16(21)23-4-2)8-18-14-9-19-13-7-10(17)5-6-11(13)14/h5-9,18-19H,3-4H2,1-2H3. The lowest BCUT2D eigenvalue weighted by Crippen LogP contribution is -2.19. The molecule has 1 aromatic heterocycles. The van der Waals surface area contributed by atoms with Crippen LogP contribution >= 0.6 is 15.9 Å². The van der Waals surface area contributed by atoms with Crippen LogP contribution in [0.2, 0.25) is 0 Å². The molecule has 2 N–H and O–H groups in total. The number of H-pyrrole nitrogens is 1. The quantitative estimate of drug-likeness (QED) is 0.347. The van der Waals surface area contributed by atoms with Crippen LogP contribution in [0.25, 0.3) is 10.9 Å². The maximum atomic E-state index is 11.9. The van der Waals surface area contributed by atoms with Gasteiger partial charge in [0.15, 0.2) is 5.57 Å². The van der Waals surface area contributed by atoms with Gasteiger partial charge in [-0.1, -0.05) is 15.9 Å².